The number of hydrogen-bond donors (Lipinski definition) is 1. The molecule has 1 unspecified atom stereocenters. The van der Waals surface area contributed by atoms with Crippen molar-refractivity contribution in [2.24, 2.45) is 0 Å². The first-order valence-electron chi connectivity index (χ1n) is 5.55. The van der Waals surface area contributed by atoms with Gasteiger partial charge in [0.1, 0.15) is 11.9 Å². The summed E-state index contributed by atoms with van der Waals surface area (Å²) in [5.41, 5.74) is 1.21. The summed E-state index contributed by atoms with van der Waals surface area (Å²) >= 11 is 0. The monoisotopic (exact) mass is 234 g/mol. The molecular formula is C13H15FN2O. The van der Waals surface area contributed by atoms with Crippen molar-refractivity contribution in [1.82, 2.24) is 9.55 Å². The van der Waals surface area contributed by atoms with E-state index in [0.717, 1.165) is 0 Å². The molecule has 1 N–H and O–H groups in total. The number of nitrogens with zero attached hydrogens (tertiary/aromatic N) is 2. The number of aromatic nitrogens is 2. The second-order valence-electron chi connectivity index (χ2n) is 4.28. The lowest BCUT2D eigenvalue weighted by atomic mass is 10.1. The second kappa shape index (κ2) is 4.67. The van der Waals surface area contributed by atoms with E-state index in [-0.39, 0.29) is 11.9 Å². The van der Waals surface area contributed by atoms with E-state index in [1.807, 2.05) is 18.4 Å². The molecular weight excluding hydrogens is 219 g/mol. The molecule has 17 heavy (non-hydrogen) atoms. The fourth-order valence-electron chi connectivity index (χ4n) is 1.81. The van der Waals surface area contributed by atoms with Crippen LogP contribution in [0.25, 0.3) is 0 Å². The smallest absolute Gasteiger partial charge is 0.123 e. The second-order valence-corrected chi connectivity index (χ2v) is 4.28. The van der Waals surface area contributed by atoms with Crippen LogP contribution in [0, 0.1) is 5.82 Å². The zero-order chi connectivity index (χ0) is 12.4. The Morgan fingerprint density at radius 1 is 1.35 bits per heavy atom. The summed E-state index contributed by atoms with van der Waals surface area (Å²) in [5.74, 6) is -0.350. The molecule has 90 valence electrons. The van der Waals surface area contributed by atoms with Crippen LogP contribution in [0.1, 0.15) is 37.3 Å². The lowest BCUT2D eigenvalue weighted by molar-refractivity contribution is 0.207. The molecule has 0 saturated heterocycles. The molecule has 0 spiro atoms. The number of aliphatic hydroxyl groups excluding tert-OH is 1. The van der Waals surface area contributed by atoms with Crippen LogP contribution >= 0.6 is 0 Å². The standard InChI is InChI=1S/C13H15FN2O/c1-9(2)16-8-15-7-12(16)13(17)10-4-3-5-11(14)6-10/h3-9,13,17H,1-2H3. The van der Waals surface area contributed by atoms with Crippen LogP contribution in [0.5, 0.6) is 0 Å². The van der Waals surface area contributed by atoms with E-state index in [1.165, 1.54) is 12.1 Å². The summed E-state index contributed by atoms with van der Waals surface area (Å²) in [6, 6.07) is 6.18. The third kappa shape index (κ3) is 2.36. The van der Waals surface area contributed by atoms with Crippen LogP contribution in [-0.2, 0) is 0 Å². The zero-order valence-electron chi connectivity index (χ0n) is 9.84. The van der Waals surface area contributed by atoms with Gasteiger partial charge in [0.05, 0.1) is 18.2 Å². The third-order valence-corrected chi connectivity index (χ3v) is 2.70. The molecule has 0 radical (unpaired) electrons. The number of aliphatic hydroxyl groups is 1. The summed E-state index contributed by atoms with van der Waals surface area (Å²) in [4.78, 5) is 4.02. The van der Waals surface area contributed by atoms with Gasteiger partial charge < -0.3 is 9.67 Å². The van der Waals surface area contributed by atoms with Gasteiger partial charge in [-0.05, 0) is 31.5 Å². The first kappa shape index (κ1) is 11.8. The Kier molecular flexibility index (Phi) is 3.24. The Labute approximate surface area is 99.5 Å². The van der Waals surface area contributed by atoms with Gasteiger partial charge in [0.15, 0.2) is 0 Å². The van der Waals surface area contributed by atoms with Crippen molar-refractivity contribution in [2.75, 3.05) is 0 Å². The molecule has 3 nitrogen and oxygen atoms in total. The van der Waals surface area contributed by atoms with Crippen molar-refractivity contribution < 1.29 is 9.50 Å². The summed E-state index contributed by atoms with van der Waals surface area (Å²) in [5, 5.41) is 10.2. The largest absolute Gasteiger partial charge is 0.382 e. The van der Waals surface area contributed by atoms with Gasteiger partial charge in [-0.2, -0.15) is 0 Å². The molecule has 1 aromatic carbocycles. The van der Waals surface area contributed by atoms with Gasteiger partial charge in [0.2, 0.25) is 0 Å². The van der Waals surface area contributed by atoms with Gasteiger partial charge in [-0.25, -0.2) is 9.37 Å². The minimum atomic E-state index is -0.851. The molecule has 2 rings (SSSR count). The molecule has 0 aliphatic carbocycles. The van der Waals surface area contributed by atoms with Crippen molar-refractivity contribution in [2.45, 2.75) is 26.0 Å². The number of benzene rings is 1. The SMILES string of the molecule is CC(C)n1cncc1C(O)c1cccc(F)c1. The van der Waals surface area contributed by atoms with E-state index >= 15 is 0 Å². The zero-order valence-corrected chi connectivity index (χ0v) is 9.84. The minimum Gasteiger partial charge on any atom is -0.382 e. The number of halogens is 1. The van der Waals surface area contributed by atoms with E-state index in [9.17, 15) is 9.50 Å². The summed E-state index contributed by atoms with van der Waals surface area (Å²) in [6.45, 7) is 4.01. The van der Waals surface area contributed by atoms with Crippen molar-refractivity contribution in [3.05, 3.63) is 53.9 Å². The van der Waals surface area contributed by atoms with E-state index in [0.29, 0.717) is 11.3 Å². The first-order valence-corrected chi connectivity index (χ1v) is 5.55. The predicted octanol–water partition coefficient (Wildman–Crippen LogP) is 2.68. The molecule has 0 aliphatic heterocycles. The minimum absolute atomic E-state index is 0.204. The fourth-order valence-corrected chi connectivity index (χ4v) is 1.81. The van der Waals surface area contributed by atoms with E-state index in [4.69, 9.17) is 0 Å². The molecule has 0 saturated carbocycles. The summed E-state index contributed by atoms with van der Waals surface area (Å²) in [7, 11) is 0. The Morgan fingerprint density at radius 3 is 2.76 bits per heavy atom. The molecule has 2 aromatic rings. The normalized spacial score (nSPS) is 13.0. The quantitative estimate of drug-likeness (QED) is 0.886. The Balaban J connectivity index is 2.37. The van der Waals surface area contributed by atoms with Crippen LogP contribution in [0.3, 0.4) is 0 Å². The Hall–Kier alpha value is -1.68. The molecule has 0 fully saturated rings. The van der Waals surface area contributed by atoms with Crippen LogP contribution in [0.2, 0.25) is 0 Å². The third-order valence-electron chi connectivity index (χ3n) is 2.70. The highest BCUT2D eigenvalue weighted by molar-refractivity contribution is 5.25. The average molecular weight is 234 g/mol. The van der Waals surface area contributed by atoms with Crippen LogP contribution in [0.15, 0.2) is 36.8 Å². The van der Waals surface area contributed by atoms with Gasteiger partial charge in [-0.1, -0.05) is 12.1 Å². The van der Waals surface area contributed by atoms with Gasteiger partial charge in [0, 0.05) is 6.04 Å². The number of hydrogen-bond acceptors (Lipinski definition) is 2. The van der Waals surface area contributed by atoms with Crippen molar-refractivity contribution in [3.8, 4) is 0 Å². The van der Waals surface area contributed by atoms with E-state index in [2.05, 4.69) is 4.98 Å². The fraction of sp³-hybridized carbons (Fsp3) is 0.308. The van der Waals surface area contributed by atoms with Crippen LogP contribution in [-0.4, -0.2) is 14.7 Å². The van der Waals surface area contributed by atoms with Gasteiger partial charge in [-0.15, -0.1) is 0 Å². The Bertz CT molecular complexity index is 508. The van der Waals surface area contributed by atoms with Crippen molar-refractivity contribution in [3.63, 3.8) is 0 Å². The summed E-state index contributed by atoms with van der Waals surface area (Å²) in [6.07, 6.45) is 2.42. The summed E-state index contributed by atoms with van der Waals surface area (Å²) < 4.78 is 15.0. The van der Waals surface area contributed by atoms with Crippen molar-refractivity contribution >= 4 is 0 Å². The molecule has 0 amide bonds. The van der Waals surface area contributed by atoms with Crippen LogP contribution < -0.4 is 0 Å². The van der Waals surface area contributed by atoms with Gasteiger partial charge in [0.25, 0.3) is 0 Å². The predicted molar refractivity (Wildman–Crippen MR) is 63.1 cm³/mol. The highest BCUT2D eigenvalue weighted by Crippen LogP contribution is 2.24. The molecule has 0 bridgehead atoms. The molecule has 0 aliphatic rings. The molecule has 1 aromatic heterocycles. The number of imidazole rings is 1. The van der Waals surface area contributed by atoms with Crippen molar-refractivity contribution in [1.29, 1.82) is 0 Å². The van der Waals surface area contributed by atoms with E-state index in [1.54, 1.807) is 24.7 Å². The molecule has 1 atom stereocenters. The highest BCUT2D eigenvalue weighted by Gasteiger charge is 2.16. The number of rotatable bonds is 3. The average Bonchev–Trinajstić information content (AvgIpc) is 2.77. The molecule has 4 heteroatoms. The molecule has 1 heterocycles. The van der Waals surface area contributed by atoms with Gasteiger partial charge in [-0.3, -0.25) is 0 Å². The topological polar surface area (TPSA) is 38.0 Å². The maximum Gasteiger partial charge on any atom is 0.123 e. The Morgan fingerprint density at radius 2 is 2.12 bits per heavy atom. The highest BCUT2D eigenvalue weighted by atomic mass is 19.1. The van der Waals surface area contributed by atoms with E-state index < -0.39 is 6.10 Å². The lowest BCUT2D eigenvalue weighted by Gasteiger charge is -2.16. The maximum absolute atomic E-state index is 13.1. The maximum atomic E-state index is 13.1. The van der Waals surface area contributed by atoms with Crippen LogP contribution in [0.4, 0.5) is 4.39 Å². The lowest BCUT2D eigenvalue weighted by Crippen LogP contribution is -2.10. The first-order chi connectivity index (χ1) is 8.09. The van der Waals surface area contributed by atoms with Gasteiger partial charge >= 0.3 is 0 Å².